The predicted molar refractivity (Wildman–Crippen MR) is 203 cm³/mol. The van der Waals surface area contributed by atoms with Gasteiger partial charge in [0.25, 0.3) is 0 Å². The SMILES string of the molecule is c1ccc(-c2nc(-c3ccccc3)nc(N(c3ccccc3)c3c(-c4ccccc4)nn4c(-c5ccccc5)cc5ccccc5c34)n2)cc1. The zero-order valence-electron chi connectivity index (χ0n) is 27.0. The summed E-state index contributed by atoms with van der Waals surface area (Å²) < 4.78 is 2.09. The van der Waals surface area contributed by atoms with E-state index in [2.05, 4.69) is 100 Å². The average Bonchev–Trinajstić information content (AvgIpc) is 3.60. The number of benzene rings is 6. The van der Waals surface area contributed by atoms with Crippen LogP contribution >= 0.6 is 0 Å². The van der Waals surface area contributed by atoms with E-state index in [9.17, 15) is 0 Å². The summed E-state index contributed by atoms with van der Waals surface area (Å²) in [6.45, 7) is 0. The highest BCUT2D eigenvalue weighted by molar-refractivity contribution is 6.09. The number of aromatic nitrogens is 5. The van der Waals surface area contributed by atoms with Crippen molar-refractivity contribution in [2.24, 2.45) is 0 Å². The minimum atomic E-state index is 0.491. The maximum atomic E-state index is 5.45. The number of anilines is 3. The van der Waals surface area contributed by atoms with Gasteiger partial charge in [-0.1, -0.05) is 164 Å². The Labute approximate surface area is 289 Å². The molecule has 3 heterocycles. The third-order valence-electron chi connectivity index (χ3n) is 8.84. The average molecular weight is 643 g/mol. The fourth-order valence-corrected chi connectivity index (χ4v) is 6.51. The lowest BCUT2D eigenvalue weighted by atomic mass is 10.0. The Morgan fingerprint density at radius 2 is 0.920 bits per heavy atom. The lowest BCUT2D eigenvalue weighted by Crippen LogP contribution is -2.16. The van der Waals surface area contributed by atoms with Gasteiger partial charge >= 0.3 is 0 Å². The minimum absolute atomic E-state index is 0.491. The Morgan fingerprint density at radius 1 is 0.440 bits per heavy atom. The van der Waals surface area contributed by atoms with Crippen LogP contribution in [0.4, 0.5) is 17.3 Å². The molecule has 9 aromatic rings. The van der Waals surface area contributed by atoms with E-state index in [0.717, 1.165) is 61.3 Å². The standard InChI is InChI=1S/C44H30N6/c1-6-18-31(19-7-1)38-30-35-26-16-17-29-37(35)40-41(39(48-50(38)40)32-20-8-2-9-21-32)49(36-27-14-5-15-28-36)44-46-42(33-22-10-3-11-23-33)45-43(47-44)34-24-12-4-13-25-34/h1-30H. The normalized spacial score (nSPS) is 11.2. The summed E-state index contributed by atoms with van der Waals surface area (Å²) in [5.41, 5.74) is 8.39. The van der Waals surface area contributed by atoms with Crippen molar-refractivity contribution in [2.45, 2.75) is 0 Å². The lowest BCUT2D eigenvalue weighted by molar-refractivity contribution is 0.979. The van der Waals surface area contributed by atoms with Gasteiger partial charge in [-0.15, -0.1) is 0 Å². The van der Waals surface area contributed by atoms with Crippen LogP contribution in [0.15, 0.2) is 182 Å². The first kappa shape index (κ1) is 29.2. The van der Waals surface area contributed by atoms with E-state index in [0.29, 0.717) is 17.6 Å². The fourth-order valence-electron chi connectivity index (χ4n) is 6.51. The lowest BCUT2D eigenvalue weighted by Gasteiger charge is -2.24. The van der Waals surface area contributed by atoms with E-state index >= 15 is 0 Å². The number of rotatable bonds is 7. The molecule has 0 fully saturated rings. The monoisotopic (exact) mass is 642 g/mol. The van der Waals surface area contributed by atoms with Crippen molar-refractivity contribution in [2.75, 3.05) is 4.90 Å². The van der Waals surface area contributed by atoms with Gasteiger partial charge in [0.1, 0.15) is 11.4 Å². The first-order valence-electron chi connectivity index (χ1n) is 16.6. The highest BCUT2D eigenvalue weighted by atomic mass is 15.3. The van der Waals surface area contributed by atoms with Gasteiger partial charge in [-0.25, -0.2) is 9.50 Å². The largest absolute Gasteiger partial charge is 0.275 e. The van der Waals surface area contributed by atoms with Crippen molar-refractivity contribution >= 4 is 33.6 Å². The van der Waals surface area contributed by atoms with Crippen molar-refractivity contribution in [1.82, 2.24) is 24.6 Å². The number of hydrogen-bond donors (Lipinski definition) is 0. The molecule has 0 unspecified atom stereocenters. The number of hydrogen-bond acceptors (Lipinski definition) is 5. The number of fused-ring (bicyclic) bond motifs is 3. The molecule has 9 rings (SSSR count). The van der Waals surface area contributed by atoms with Gasteiger partial charge in [-0.2, -0.15) is 15.1 Å². The van der Waals surface area contributed by atoms with E-state index in [4.69, 9.17) is 20.1 Å². The molecule has 0 aliphatic carbocycles. The van der Waals surface area contributed by atoms with Crippen LogP contribution in [0.3, 0.4) is 0 Å². The molecular formula is C44H30N6. The topological polar surface area (TPSA) is 59.2 Å². The second kappa shape index (κ2) is 12.6. The van der Waals surface area contributed by atoms with Gasteiger partial charge in [0.15, 0.2) is 11.6 Å². The predicted octanol–water partition coefficient (Wildman–Crippen LogP) is 10.8. The molecule has 0 radical (unpaired) electrons. The van der Waals surface area contributed by atoms with Crippen LogP contribution < -0.4 is 4.90 Å². The summed E-state index contributed by atoms with van der Waals surface area (Å²) in [4.78, 5) is 17.6. The molecule has 0 bridgehead atoms. The summed E-state index contributed by atoms with van der Waals surface area (Å²) >= 11 is 0. The Hall–Kier alpha value is -6.92. The Morgan fingerprint density at radius 3 is 1.50 bits per heavy atom. The molecule has 0 aliphatic heterocycles. The Kier molecular flexibility index (Phi) is 7.37. The quantitative estimate of drug-likeness (QED) is 0.173. The van der Waals surface area contributed by atoms with Gasteiger partial charge in [-0.05, 0) is 23.6 Å². The third-order valence-corrected chi connectivity index (χ3v) is 8.84. The van der Waals surface area contributed by atoms with Crippen molar-refractivity contribution in [1.29, 1.82) is 0 Å². The molecule has 236 valence electrons. The molecule has 0 saturated heterocycles. The maximum Gasteiger partial charge on any atom is 0.238 e. The summed E-state index contributed by atoms with van der Waals surface area (Å²) in [7, 11) is 0. The number of nitrogens with zero attached hydrogens (tertiary/aromatic N) is 6. The molecule has 50 heavy (non-hydrogen) atoms. The van der Waals surface area contributed by atoms with Gasteiger partial charge < -0.3 is 0 Å². The van der Waals surface area contributed by atoms with Crippen molar-refractivity contribution in [3.8, 4) is 45.3 Å². The summed E-state index contributed by atoms with van der Waals surface area (Å²) in [5.74, 6) is 1.66. The molecule has 0 N–H and O–H groups in total. The second-order valence-corrected chi connectivity index (χ2v) is 12.0. The maximum absolute atomic E-state index is 5.45. The molecular weight excluding hydrogens is 613 g/mol. The molecule has 6 nitrogen and oxygen atoms in total. The van der Waals surface area contributed by atoms with Gasteiger partial charge in [-0.3, -0.25) is 4.90 Å². The summed E-state index contributed by atoms with van der Waals surface area (Å²) in [6.07, 6.45) is 0. The van der Waals surface area contributed by atoms with Crippen molar-refractivity contribution < 1.29 is 0 Å². The van der Waals surface area contributed by atoms with Crippen LogP contribution in [0.25, 0.3) is 61.6 Å². The first-order valence-corrected chi connectivity index (χ1v) is 16.6. The third kappa shape index (κ3) is 5.25. The molecule has 6 aromatic carbocycles. The van der Waals surface area contributed by atoms with Crippen molar-refractivity contribution in [3.63, 3.8) is 0 Å². The van der Waals surface area contributed by atoms with E-state index < -0.39 is 0 Å². The summed E-state index contributed by atoms with van der Waals surface area (Å²) in [6, 6.07) is 62.0. The minimum Gasteiger partial charge on any atom is -0.275 e. The smallest absolute Gasteiger partial charge is 0.238 e. The number of para-hydroxylation sites is 1. The van der Waals surface area contributed by atoms with Gasteiger partial charge in [0.05, 0.1) is 11.2 Å². The van der Waals surface area contributed by atoms with Crippen LogP contribution in [0.2, 0.25) is 0 Å². The molecule has 0 saturated carbocycles. The van der Waals surface area contributed by atoms with Crippen LogP contribution in [0.1, 0.15) is 0 Å². The van der Waals surface area contributed by atoms with Gasteiger partial charge in [0.2, 0.25) is 5.95 Å². The first-order chi connectivity index (χ1) is 24.8. The zero-order valence-corrected chi connectivity index (χ0v) is 27.0. The zero-order chi connectivity index (χ0) is 33.3. The molecule has 3 aromatic heterocycles. The van der Waals surface area contributed by atoms with E-state index in [1.807, 2.05) is 91.0 Å². The van der Waals surface area contributed by atoms with Crippen LogP contribution in [0.5, 0.6) is 0 Å². The van der Waals surface area contributed by atoms with Crippen LogP contribution in [0, 0.1) is 0 Å². The Balaban J connectivity index is 1.43. The number of pyridine rings is 1. The van der Waals surface area contributed by atoms with E-state index in [1.165, 1.54) is 0 Å². The van der Waals surface area contributed by atoms with Crippen molar-refractivity contribution in [3.05, 3.63) is 182 Å². The highest BCUT2D eigenvalue weighted by Gasteiger charge is 2.29. The highest BCUT2D eigenvalue weighted by Crippen LogP contribution is 2.46. The van der Waals surface area contributed by atoms with Gasteiger partial charge in [0, 0.05) is 33.3 Å². The van der Waals surface area contributed by atoms with Crippen LogP contribution in [-0.4, -0.2) is 24.6 Å². The Bertz CT molecular complexity index is 2510. The fraction of sp³-hybridized carbons (Fsp3) is 0. The molecule has 0 spiro atoms. The summed E-state index contributed by atoms with van der Waals surface area (Å²) in [5, 5.41) is 7.62. The molecule has 0 amide bonds. The molecule has 6 heteroatoms. The van der Waals surface area contributed by atoms with E-state index in [-0.39, 0.29) is 0 Å². The molecule has 0 atom stereocenters. The van der Waals surface area contributed by atoms with E-state index in [1.54, 1.807) is 0 Å². The molecule has 0 aliphatic rings. The van der Waals surface area contributed by atoms with Crippen LogP contribution in [-0.2, 0) is 0 Å². The second-order valence-electron chi connectivity index (χ2n) is 12.0.